The van der Waals surface area contributed by atoms with Gasteiger partial charge in [0.25, 0.3) is 0 Å². The second-order valence-electron chi connectivity index (χ2n) is 6.15. The molecule has 0 aliphatic heterocycles. The summed E-state index contributed by atoms with van der Waals surface area (Å²) < 4.78 is 17.1. The molecule has 9 nitrogen and oxygen atoms in total. The number of aliphatic imine (C=N–C) groups is 2. The number of hydrogen-bond donors (Lipinski definition) is 6. The second kappa shape index (κ2) is 10.0. The first-order valence-electron chi connectivity index (χ1n) is 8.96. The highest BCUT2D eigenvalue weighted by Gasteiger charge is 2.13. The third kappa shape index (κ3) is 5.58. The largest absolute Gasteiger partial charge is 0.481 e. The first kappa shape index (κ1) is 22.2. The zero-order valence-electron chi connectivity index (χ0n) is 16.4. The maximum Gasteiger partial charge on any atom is 0.191 e. The van der Waals surface area contributed by atoms with Crippen molar-refractivity contribution in [2.24, 2.45) is 32.9 Å². The molecule has 8 N–H and O–H groups in total. The van der Waals surface area contributed by atoms with E-state index in [-0.39, 0.29) is 23.8 Å². The van der Waals surface area contributed by atoms with E-state index in [2.05, 4.69) is 35.2 Å². The van der Waals surface area contributed by atoms with Crippen LogP contribution in [0.3, 0.4) is 0 Å². The van der Waals surface area contributed by atoms with Crippen LogP contribution in [0.1, 0.15) is 0 Å². The molecule has 2 aromatic carbocycles. The third-order valence-corrected chi connectivity index (χ3v) is 4.29. The molecule has 1 heterocycles. The Labute approximate surface area is 189 Å². The van der Waals surface area contributed by atoms with Crippen molar-refractivity contribution in [1.29, 1.82) is 0 Å². The molecule has 11 heteroatoms. The predicted molar refractivity (Wildman–Crippen MR) is 129 cm³/mol. The average Bonchev–Trinajstić information content (AvgIpc) is 3.20. The number of thiol groups is 2. The van der Waals surface area contributed by atoms with Gasteiger partial charge in [-0.25, -0.2) is 9.98 Å². The first-order valence-corrected chi connectivity index (χ1v) is 10.2. The Balaban J connectivity index is 1.96. The van der Waals surface area contributed by atoms with Crippen LogP contribution in [-0.2, 0) is 0 Å². The summed E-state index contributed by atoms with van der Waals surface area (Å²) in [4.78, 5) is 8.11. The fourth-order valence-electron chi connectivity index (χ4n) is 2.82. The Bertz CT molecular complexity index is 1040. The molecule has 1 aromatic heterocycles. The topological polar surface area (TPSA) is 160 Å². The van der Waals surface area contributed by atoms with Crippen molar-refractivity contribution < 1.29 is 13.9 Å². The minimum Gasteiger partial charge on any atom is -0.481 e. The quantitative estimate of drug-likeness (QED) is 0.131. The Hall–Kier alpha value is -3.44. The lowest BCUT2D eigenvalue weighted by molar-refractivity contribution is 0.396. The first-order chi connectivity index (χ1) is 14.9. The van der Waals surface area contributed by atoms with Crippen molar-refractivity contribution in [3.63, 3.8) is 0 Å². The van der Waals surface area contributed by atoms with Gasteiger partial charge in [-0.15, -0.1) is 25.3 Å². The van der Waals surface area contributed by atoms with Crippen molar-refractivity contribution in [2.75, 3.05) is 11.9 Å². The van der Waals surface area contributed by atoms with Crippen LogP contribution in [0, 0.1) is 0 Å². The zero-order chi connectivity index (χ0) is 22.4. The normalized spacial score (nSPS) is 10.4. The lowest BCUT2D eigenvalue weighted by Crippen LogP contribution is -2.22. The van der Waals surface area contributed by atoms with E-state index in [9.17, 15) is 0 Å². The summed E-state index contributed by atoms with van der Waals surface area (Å²) in [6.45, 7) is 0. The number of nitrogens with two attached hydrogens (primary N) is 4. The SMILES string of the molecule is NC(N)=Nc1ccc(-c2ccc(-c3ccc(N=C(N)N)c(OCS)c3)o2)cc1OCS. The molecule has 0 radical (unpaired) electrons. The Morgan fingerprint density at radius 1 is 0.710 bits per heavy atom. The average molecular weight is 459 g/mol. The van der Waals surface area contributed by atoms with Crippen LogP contribution in [0.25, 0.3) is 22.6 Å². The number of guanidine groups is 2. The van der Waals surface area contributed by atoms with Gasteiger partial charge in [0.15, 0.2) is 11.9 Å². The number of rotatable bonds is 8. The molecule has 31 heavy (non-hydrogen) atoms. The molecule has 0 bridgehead atoms. The van der Waals surface area contributed by atoms with Crippen molar-refractivity contribution in [3.8, 4) is 34.1 Å². The van der Waals surface area contributed by atoms with Gasteiger partial charge in [0.1, 0.15) is 46.3 Å². The van der Waals surface area contributed by atoms with E-state index in [0.29, 0.717) is 34.4 Å². The van der Waals surface area contributed by atoms with Crippen LogP contribution in [0.2, 0.25) is 0 Å². The highest BCUT2D eigenvalue weighted by atomic mass is 32.1. The van der Waals surface area contributed by atoms with Gasteiger partial charge in [-0.05, 0) is 48.5 Å². The lowest BCUT2D eigenvalue weighted by Gasteiger charge is -2.09. The molecule has 0 amide bonds. The third-order valence-electron chi connectivity index (χ3n) is 4.03. The second-order valence-corrected chi connectivity index (χ2v) is 6.67. The number of ether oxygens (including phenoxy) is 2. The summed E-state index contributed by atoms with van der Waals surface area (Å²) in [7, 11) is 0. The van der Waals surface area contributed by atoms with Crippen molar-refractivity contribution >= 4 is 48.6 Å². The Kier molecular flexibility index (Phi) is 7.21. The maximum atomic E-state index is 6.04. The van der Waals surface area contributed by atoms with Crippen LogP contribution in [0.5, 0.6) is 11.5 Å². The van der Waals surface area contributed by atoms with Gasteiger partial charge in [-0.3, -0.25) is 0 Å². The summed E-state index contributed by atoms with van der Waals surface area (Å²) in [5, 5.41) is 0. The van der Waals surface area contributed by atoms with E-state index in [4.69, 9.17) is 36.8 Å². The molecule has 3 aromatic rings. The van der Waals surface area contributed by atoms with E-state index in [1.54, 1.807) is 24.3 Å². The van der Waals surface area contributed by atoms with E-state index < -0.39 is 0 Å². The van der Waals surface area contributed by atoms with Gasteiger partial charge in [0.2, 0.25) is 0 Å². The summed E-state index contributed by atoms with van der Waals surface area (Å²) in [5.41, 5.74) is 24.4. The van der Waals surface area contributed by atoms with Gasteiger partial charge < -0.3 is 36.8 Å². The summed E-state index contributed by atoms with van der Waals surface area (Å²) in [5.74, 6) is 2.39. The highest BCUT2D eigenvalue weighted by molar-refractivity contribution is 7.80. The van der Waals surface area contributed by atoms with Crippen LogP contribution in [-0.4, -0.2) is 23.8 Å². The zero-order valence-corrected chi connectivity index (χ0v) is 18.1. The number of benzene rings is 2. The molecular weight excluding hydrogens is 436 g/mol. The monoisotopic (exact) mass is 458 g/mol. The highest BCUT2D eigenvalue weighted by Crippen LogP contribution is 2.37. The number of hydrogen-bond acceptors (Lipinski definition) is 7. The van der Waals surface area contributed by atoms with E-state index in [0.717, 1.165) is 11.1 Å². The minimum absolute atomic E-state index is 0.0690. The predicted octanol–water partition coefficient (Wildman–Crippen LogP) is 2.96. The molecule has 0 aliphatic carbocycles. The van der Waals surface area contributed by atoms with Crippen molar-refractivity contribution in [3.05, 3.63) is 48.5 Å². The Morgan fingerprint density at radius 3 is 1.48 bits per heavy atom. The molecule has 0 aliphatic rings. The summed E-state index contributed by atoms with van der Waals surface area (Å²) in [6, 6.07) is 14.4. The van der Waals surface area contributed by atoms with Gasteiger partial charge >= 0.3 is 0 Å². The van der Waals surface area contributed by atoms with Gasteiger partial charge in [0, 0.05) is 11.1 Å². The summed E-state index contributed by atoms with van der Waals surface area (Å²) in [6.07, 6.45) is 0. The van der Waals surface area contributed by atoms with Gasteiger partial charge in [0.05, 0.1) is 0 Å². The molecule has 0 saturated heterocycles. The molecule has 0 saturated carbocycles. The lowest BCUT2D eigenvalue weighted by atomic mass is 10.1. The van der Waals surface area contributed by atoms with Gasteiger partial charge in [-0.1, -0.05) is 0 Å². The van der Waals surface area contributed by atoms with Crippen molar-refractivity contribution in [2.45, 2.75) is 0 Å². The molecule has 162 valence electrons. The fourth-order valence-corrected chi connectivity index (χ4v) is 3.09. The van der Waals surface area contributed by atoms with E-state index >= 15 is 0 Å². The standard InChI is InChI=1S/C20H22N6O3S2/c21-19(22)25-13-3-1-11(7-17(13)27-9-30)15-5-6-16(29-15)12-2-4-14(26-20(23)24)18(8-12)28-10-31/h1-8,30-31H,9-10H2,(H4,21,22,25)(H4,23,24,26). The van der Waals surface area contributed by atoms with Crippen molar-refractivity contribution in [1.82, 2.24) is 0 Å². The molecule has 0 unspecified atom stereocenters. The fraction of sp³-hybridized carbons (Fsp3) is 0.100. The molecule has 0 fully saturated rings. The van der Waals surface area contributed by atoms with Crippen LogP contribution < -0.4 is 32.4 Å². The molecule has 0 atom stereocenters. The van der Waals surface area contributed by atoms with Crippen LogP contribution in [0.4, 0.5) is 11.4 Å². The van der Waals surface area contributed by atoms with E-state index in [1.165, 1.54) is 0 Å². The summed E-state index contributed by atoms with van der Waals surface area (Å²) >= 11 is 8.20. The smallest absolute Gasteiger partial charge is 0.191 e. The maximum absolute atomic E-state index is 6.04. The molecular formula is C20H22N6O3S2. The minimum atomic E-state index is -0.0690. The molecule has 3 rings (SSSR count). The number of nitrogens with zero attached hydrogens (tertiary/aromatic N) is 2. The Morgan fingerprint density at radius 2 is 1.13 bits per heavy atom. The van der Waals surface area contributed by atoms with Gasteiger partial charge in [-0.2, -0.15) is 0 Å². The van der Waals surface area contributed by atoms with Crippen LogP contribution in [0.15, 0.2) is 62.9 Å². The molecule has 0 spiro atoms. The van der Waals surface area contributed by atoms with E-state index in [1.807, 2.05) is 24.3 Å². The number of furan rings is 1. The van der Waals surface area contributed by atoms with Crippen LogP contribution >= 0.6 is 25.3 Å².